The normalized spacial score (nSPS) is 14.1. The minimum atomic E-state index is 0.777. The number of hydrogen-bond acceptors (Lipinski definition) is 0. The average molecular weight is 236 g/mol. The minimum Gasteiger partial charge on any atom is -0.0651 e. The lowest BCUT2D eigenvalue weighted by molar-refractivity contribution is 0.560. The second-order valence-corrected chi connectivity index (χ2v) is 5.54. The van der Waals surface area contributed by atoms with E-state index in [9.17, 15) is 0 Å². The maximum Gasteiger partial charge on any atom is -0.00135 e. The first-order valence-electron chi connectivity index (χ1n) is 6.98. The first-order valence-corrected chi connectivity index (χ1v) is 6.98. The van der Waals surface area contributed by atoms with Gasteiger partial charge in [-0.15, -0.1) is 0 Å². The molecule has 1 atom stereocenters. The van der Waals surface area contributed by atoms with E-state index >= 15 is 0 Å². The standard InChI is InChI=1S/C18H20/c1-3-13(2)10-14-8-9-16-12-15-6-4-5-7-17(15)18(16)11-14/h4-9,11,13H,3,10,12H2,1-2H3. The van der Waals surface area contributed by atoms with Crippen molar-refractivity contribution in [2.75, 3.05) is 0 Å². The fourth-order valence-electron chi connectivity index (χ4n) is 2.84. The van der Waals surface area contributed by atoms with Gasteiger partial charge in [0.25, 0.3) is 0 Å². The summed E-state index contributed by atoms with van der Waals surface area (Å²) in [5.74, 6) is 0.777. The summed E-state index contributed by atoms with van der Waals surface area (Å²) >= 11 is 0. The predicted octanol–water partition coefficient (Wildman–Crippen LogP) is 4.85. The molecular weight excluding hydrogens is 216 g/mol. The van der Waals surface area contributed by atoms with E-state index < -0.39 is 0 Å². The van der Waals surface area contributed by atoms with Crippen molar-refractivity contribution in [2.45, 2.75) is 33.1 Å². The van der Waals surface area contributed by atoms with Crippen molar-refractivity contribution in [1.82, 2.24) is 0 Å². The van der Waals surface area contributed by atoms with Crippen molar-refractivity contribution in [3.05, 3.63) is 59.2 Å². The van der Waals surface area contributed by atoms with Gasteiger partial charge in [-0.25, -0.2) is 0 Å². The zero-order chi connectivity index (χ0) is 12.5. The summed E-state index contributed by atoms with van der Waals surface area (Å²) in [5.41, 5.74) is 7.36. The summed E-state index contributed by atoms with van der Waals surface area (Å²) in [5, 5.41) is 0. The van der Waals surface area contributed by atoms with E-state index in [2.05, 4.69) is 56.3 Å². The van der Waals surface area contributed by atoms with Gasteiger partial charge in [0.05, 0.1) is 0 Å². The molecule has 0 heteroatoms. The van der Waals surface area contributed by atoms with Crippen molar-refractivity contribution in [1.29, 1.82) is 0 Å². The van der Waals surface area contributed by atoms with E-state index in [0.29, 0.717) is 0 Å². The Kier molecular flexibility index (Phi) is 2.95. The molecule has 3 rings (SSSR count). The molecular formula is C18H20. The molecule has 0 radical (unpaired) electrons. The quantitative estimate of drug-likeness (QED) is 0.610. The summed E-state index contributed by atoms with van der Waals surface area (Å²) in [6.07, 6.45) is 3.56. The van der Waals surface area contributed by atoms with Crippen LogP contribution in [0.4, 0.5) is 0 Å². The molecule has 92 valence electrons. The third kappa shape index (κ3) is 1.96. The minimum absolute atomic E-state index is 0.777. The Bertz CT molecular complexity index is 566. The maximum atomic E-state index is 2.41. The highest BCUT2D eigenvalue weighted by Gasteiger charge is 2.17. The molecule has 2 aromatic rings. The van der Waals surface area contributed by atoms with Crippen LogP contribution < -0.4 is 0 Å². The molecule has 2 aromatic carbocycles. The lowest BCUT2D eigenvalue weighted by Gasteiger charge is -2.10. The highest BCUT2D eigenvalue weighted by Crippen LogP contribution is 2.37. The summed E-state index contributed by atoms with van der Waals surface area (Å²) in [6, 6.07) is 15.9. The lowest BCUT2D eigenvalue weighted by Crippen LogP contribution is -1.98. The zero-order valence-corrected chi connectivity index (χ0v) is 11.2. The first-order chi connectivity index (χ1) is 8.78. The summed E-state index contributed by atoms with van der Waals surface area (Å²) in [6.45, 7) is 4.61. The van der Waals surface area contributed by atoms with Crippen LogP contribution in [0.1, 0.15) is 37.0 Å². The van der Waals surface area contributed by atoms with Crippen LogP contribution in [0.25, 0.3) is 11.1 Å². The molecule has 0 saturated carbocycles. The van der Waals surface area contributed by atoms with Crippen LogP contribution in [-0.4, -0.2) is 0 Å². The van der Waals surface area contributed by atoms with Crippen LogP contribution >= 0.6 is 0 Å². The number of hydrogen-bond donors (Lipinski definition) is 0. The van der Waals surface area contributed by atoms with E-state index in [-0.39, 0.29) is 0 Å². The second kappa shape index (κ2) is 4.61. The van der Waals surface area contributed by atoms with Crippen LogP contribution in [0.2, 0.25) is 0 Å². The van der Waals surface area contributed by atoms with Crippen molar-refractivity contribution >= 4 is 0 Å². The number of benzene rings is 2. The average Bonchev–Trinajstić information content (AvgIpc) is 2.77. The zero-order valence-electron chi connectivity index (χ0n) is 11.2. The van der Waals surface area contributed by atoms with Crippen molar-refractivity contribution in [3.8, 4) is 11.1 Å². The number of rotatable bonds is 3. The van der Waals surface area contributed by atoms with Gasteiger partial charge < -0.3 is 0 Å². The highest BCUT2D eigenvalue weighted by molar-refractivity contribution is 5.77. The molecule has 0 aliphatic heterocycles. The maximum absolute atomic E-state index is 2.41. The van der Waals surface area contributed by atoms with Crippen molar-refractivity contribution < 1.29 is 0 Å². The molecule has 0 saturated heterocycles. The van der Waals surface area contributed by atoms with Crippen LogP contribution in [0.3, 0.4) is 0 Å². The van der Waals surface area contributed by atoms with Gasteiger partial charge in [0.2, 0.25) is 0 Å². The number of fused-ring (bicyclic) bond motifs is 3. The summed E-state index contributed by atoms with van der Waals surface area (Å²) in [4.78, 5) is 0. The van der Waals surface area contributed by atoms with Gasteiger partial charge in [-0.3, -0.25) is 0 Å². The van der Waals surface area contributed by atoms with E-state index in [1.165, 1.54) is 40.7 Å². The largest absolute Gasteiger partial charge is 0.0651 e. The van der Waals surface area contributed by atoms with Gasteiger partial charge in [-0.1, -0.05) is 62.7 Å². The molecule has 0 fully saturated rings. The van der Waals surface area contributed by atoms with Gasteiger partial charge in [0.15, 0.2) is 0 Å². The molecule has 1 unspecified atom stereocenters. The van der Waals surface area contributed by atoms with E-state index in [4.69, 9.17) is 0 Å². The van der Waals surface area contributed by atoms with E-state index in [1.807, 2.05) is 0 Å². The smallest absolute Gasteiger partial charge is 0.00135 e. The topological polar surface area (TPSA) is 0 Å². The monoisotopic (exact) mass is 236 g/mol. The van der Waals surface area contributed by atoms with E-state index in [1.54, 1.807) is 0 Å². The Hall–Kier alpha value is -1.56. The van der Waals surface area contributed by atoms with Crippen LogP contribution in [0.5, 0.6) is 0 Å². The summed E-state index contributed by atoms with van der Waals surface area (Å²) < 4.78 is 0. The first kappa shape index (κ1) is 11.5. The molecule has 0 heterocycles. The molecule has 0 amide bonds. The Labute approximate surface area is 110 Å². The molecule has 18 heavy (non-hydrogen) atoms. The Morgan fingerprint density at radius 1 is 1.00 bits per heavy atom. The van der Waals surface area contributed by atoms with Crippen LogP contribution in [-0.2, 0) is 12.8 Å². The van der Waals surface area contributed by atoms with Gasteiger partial charge in [0, 0.05) is 0 Å². The van der Waals surface area contributed by atoms with Crippen molar-refractivity contribution in [2.24, 2.45) is 5.92 Å². The van der Waals surface area contributed by atoms with Gasteiger partial charge in [-0.2, -0.15) is 0 Å². The molecule has 0 aromatic heterocycles. The van der Waals surface area contributed by atoms with Gasteiger partial charge in [0.1, 0.15) is 0 Å². The molecule has 1 aliphatic carbocycles. The highest BCUT2D eigenvalue weighted by atomic mass is 14.2. The second-order valence-electron chi connectivity index (χ2n) is 5.54. The third-order valence-electron chi connectivity index (χ3n) is 4.14. The van der Waals surface area contributed by atoms with Crippen molar-refractivity contribution in [3.63, 3.8) is 0 Å². The third-order valence-corrected chi connectivity index (χ3v) is 4.14. The Balaban J connectivity index is 1.98. The Morgan fingerprint density at radius 3 is 2.61 bits per heavy atom. The van der Waals surface area contributed by atoms with E-state index in [0.717, 1.165) is 12.3 Å². The fourth-order valence-corrected chi connectivity index (χ4v) is 2.84. The molecule has 0 bridgehead atoms. The van der Waals surface area contributed by atoms with Crippen LogP contribution in [0.15, 0.2) is 42.5 Å². The fraction of sp³-hybridized carbons (Fsp3) is 0.333. The lowest BCUT2D eigenvalue weighted by atomic mass is 9.95. The summed E-state index contributed by atoms with van der Waals surface area (Å²) in [7, 11) is 0. The van der Waals surface area contributed by atoms with Gasteiger partial charge >= 0.3 is 0 Å². The molecule has 0 nitrogen and oxygen atoms in total. The van der Waals surface area contributed by atoms with Crippen LogP contribution in [0, 0.1) is 5.92 Å². The molecule has 0 N–H and O–H groups in total. The van der Waals surface area contributed by atoms with Gasteiger partial charge in [-0.05, 0) is 46.6 Å². The molecule has 1 aliphatic rings. The molecule has 0 spiro atoms. The SMILES string of the molecule is CCC(C)Cc1ccc2c(c1)-c1ccccc1C2. The Morgan fingerprint density at radius 2 is 1.78 bits per heavy atom. The predicted molar refractivity (Wildman–Crippen MR) is 77.8 cm³/mol.